The molecule has 0 bridgehead atoms. The lowest BCUT2D eigenvalue weighted by atomic mass is 10.1. The first kappa shape index (κ1) is 13.6. The van der Waals surface area contributed by atoms with E-state index in [2.05, 4.69) is 5.32 Å². The number of likely N-dealkylation sites (N-methyl/N-ethyl adjacent to an activating group) is 1. The van der Waals surface area contributed by atoms with Gasteiger partial charge in [-0.3, -0.25) is 4.79 Å². The van der Waals surface area contributed by atoms with Crippen LogP contribution in [-0.4, -0.2) is 37.5 Å². The van der Waals surface area contributed by atoms with Crippen molar-refractivity contribution in [2.45, 2.75) is 19.9 Å². The van der Waals surface area contributed by atoms with E-state index in [0.717, 1.165) is 0 Å². The smallest absolute Gasteiger partial charge is 0.251 e. The second-order valence-corrected chi connectivity index (χ2v) is 4.49. The standard InChI is InChI=1S/C13H19FN2O/c1-9-7-11(5-6-12(9)14)13(17)15-8-10(2)16(3)4/h5-7,10H,8H2,1-4H3,(H,15,17). The Bertz CT molecular complexity index is 404. The molecule has 0 aliphatic carbocycles. The van der Waals surface area contributed by atoms with Crippen LogP contribution in [0.4, 0.5) is 4.39 Å². The summed E-state index contributed by atoms with van der Waals surface area (Å²) in [6.07, 6.45) is 0. The third-order valence-electron chi connectivity index (χ3n) is 2.86. The molecule has 0 aliphatic rings. The highest BCUT2D eigenvalue weighted by molar-refractivity contribution is 5.94. The summed E-state index contributed by atoms with van der Waals surface area (Å²) in [4.78, 5) is 13.8. The molecule has 0 radical (unpaired) electrons. The molecule has 1 atom stereocenters. The molecule has 1 aromatic rings. The van der Waals surface area contributed by atoms with Crippen molar-refractivity contribution >= 4 is 5.91 Å². The Kier molecular flexibility index (Phi) is 4.63. The topological polar surface area (TPSA) is 32.3 Å². The van der Waals surface area contributed by atoms with Crippen molar-refractivity contribution in [3.8, 4) is 0 Å². The van der Waals surface area contributed by atoms with Gasteiger partial charge in [0.15, 0.2) is 0 Å². The number of hydrogen-bond acceptors (Lipinski definition) is 2. The van der Waals surface area contributed by atoms with E-state index in [1.807, 2.05) is 25.9 Å². The van der Waals surface area contributed by atoms with E-state index in [1.54, 1.807) is 13.0 Å². The number of aryl methyl sites for hydroxylation is 1. The van der Waals surface area contributed by atoms with Gasteiger partial charge in [0.1, 0.15) is 5.82 Å². The van der Waals surface area contributed by atoms with Crippen molar-refractivity contribution in [1.29, 1.82) is 0 Å². The molecule has 1 unspecified atom stereocenters. The minimum atomic E-state index is -0.289. The van der Waals surface area contributed by atoms with Gasteiger partial charge in [-0.15, -0.1) is 0 Å². The molecule has 0 fully saturated rings. The maximum atomic E-state index is 13.0. The summed E-state index contributed by atoms with van der Waals surface area (Å²) < 4.78 is 13.0. The number of nitrogens with zero attached hydrogens (tertiary/aromatic N) is 1. The van der Waals surface area contributed by atoms with Gasteiger partial charge in [-0.05, 0) is 51.7 Å². The number of carbonyl (C=O) groups excluding carboxylic acids is 1. The maximum Gasteiger partial charge on any atom is 0.251 e. The molecule has 94 valence electrons. The molecule has 0 saturated carbocycles. The van der Waals surface area contributed by atoms with Crippen molar-refractivity contribution in [3.05, 3.63) is 35.1 Å². The molecule has 0 saturated heterocycles. The maximum absolute atomic E-state index is 13.0. The average Bonchev–Trinajstić information content (AvgIpc) is 2.28. The van der Waals surface area contributed by atoms with Crippen LogP contribution >= 0.6 is 0 Å². The number of hydrogen-bond donors (Lipinski definition) is 1. The van der Waals surface area contributed by atoms with E-state index in [0.29, 0.717) is 17.7 Å². The molecule has 1 aromatic carbocycles. The van der Waals surface area contributed by atoms with Crippen molar-refractivity contribution < 1.29 is 9.18 Å². The van der Waals surface area contributed by atoms with Crippen LogP contribution in [0.3, 0.4) is 0 Å². The summed E-state index contributed by atoms with van der Waals surface area (Å²) in [7, 11) is 3.91. The van der Waals surface area contributed by atoms with Crippen LogP contribution in [0.15, 0.2) is 18.2 Å². The number of carbonyl (C=O) groups is 1. The first-order valence-electron chi connectivity index (χ1n) is 5.62. The highest BCUT2D eigenvalue weighted by Gasteiger charge is 2.10. The zero-order valence-corrected chi connectivity index (χ0v) is 10.7. The summed E-state index contributed by atoms with van der Waals surface area (Å²) in [6, 6.07) is 4.64. The van der Waals surface area contributed by atoms with E-state index in [-0.39, 0.29) is 17.8 Å². The third kappa shape index (κ3) is 3.82. The van der Waals surface area contributed by atoms with E-state index in [9.17, 15) is 9.18 Å². The van der Waals surface area contributed by atoms with Gasteiger partial charge in [-0.25, -0.2) is 4.39 Å². The lowest BCUT2D eigenvalue weighted by molar-refractivity contribution is 0.0943. The quantitative estimate of drug-likeness (QED) is 0.867. The van der Waals surface area contributed by atoms with E-state index < -0.39 is 0 Å². The van der Waals surface area contributed by atoms with E-state index in [4.69, 9.17) is 0 Å². The van der Waals surface area contributed by atoms with Gasteiger partial charge in [-0.1, -0.05) is 0 Å². The van der Waals surface area contributed by atoms with Crippen molar-refractivity contribution in [3.63, 3.8) is 0 Å². The summed E-state index contributed by atoms with van der Waals surface area (Å²) in [5, 5.41) is 2.82. The van der Waals surface area contributed by atoms with Crippen LogP contribution in [0.5, 0.6) is 0 Å². The predicted octanol–water partition coefficient (Wildman–Crippen LogP) is 1.81. The van der Waals surface area contributed by atoms with Gasteiger partial charge >= 0.3 is 0 Å². The SMILES string of the molecule is Cc1cc(C(=O)NCC(C)N(C)C)ccc1F. The molecule has 1 amide bonds. The lowest BCUT2D eigenvalue weighted by Gasteiger charge is -2.20. The van der Waals surface area contributed by atoms with Crippen LogP contribution in [0.1, 0.15) is 22.8 Å². The summed E-state index contributed by atoms with van der Waals surface area (Å²) in [5.41, 5.74) is 0.980. The van der Waals surface area contributed by atoms with Gasteiger partial charge in [0.25, 0.3) is 5.91 Å². The molecule has 1 N–H and O–H groups in total. The minimum absolute atomic E-state index is 0.165. The molecule has 4 heteroatoms. The zero-order valence-electron chi connectivity index (χ0n) is 10.7. The molecule has 0 aliphatic heterocycles. The lowest BCUT2D eigenvalue weighted by Crippen LogP contribution is -2.38. The van der Waals surface area contributed by atoms with Crippen LogP contribution in [0.25, 0.3) is 0 Å². The Hall–Kier alpha value is -1.42. The van der Waals surface area contributed by atoms with Gasteiger partial charge < -0.3 is 10.2 Å². The fourth-order valence-electron chi connectivity index (χ4n) is 1.31. The highest BCUT2D eigenvalue weighted by atomic mass is 19.1. The predicted molar refractivity (Wildman–Crippen MR) is 66.6 cm³/mol. The number of rotatable bonds is 4. The average molecular weight is 238 g/mol. The fraction of sp³-hybridized carbons (Fsp3) is 0.462. The molecule has 17 heavy (non-hydrogen) atoms. The van der Waals surface area contributed by atoms with Crippen LogP contribution in [-0.2, 0) is 0 Å². The Balaban J connectivity index is 2.61. The molecule has 0 spiro atoms. The van der Waals surface area contributed by atoms with Crippen LogP contribution < -0.4 is 5.32 Å². The Labute approximate surface area is 102 Å². The first-order chi connectivity index (χ1) is 7.91. The monoisotopic (exact) mass is 238 g/mol. The number of nitrogens with one attached hydrogen (secondary N) is 1. The minimum Gasteiger partial charge on any atom is -0.350 e. The molecular weight excluding hydrogens is 219 g/mol. The van der Waals surface area contributed by atoms with Crippen molar-refractivity contribution in [2.75, 3.05) is 20.6 Å². The second-order valence-electron chi connectivity index (χ2n) is 4.49. The Morgan fingerprint density at radius 2 is 2.12 bits per heavy atom. The van der Waals surface area contributed by atoms with Crippen molar-refractivity contribution in [1.82, 2.24) is 10.2 Å². The van der Waals surface area contributed by atoms with Crippen molar-refractivity contribution in [2.24, 2.45) is 0 Å². The highest BCUT2D eigenvalue weighted by Crippen LogP contribution is 2.09. The first-order valence-corrected chi connectivity index (χ1v) is 5.62. The van der Waals surface area contributed by atoms with Gasteiger partial charge in [0.05, 0.1) is 0 Å². The largest absolute Gasteiger partial charge is 0.350 e. The van der Waals surface area contributed by atoms with Crippen LogP contribution in [0.2, 0.25) is 0 Å². The number of benzene rings is 1. The summed E-state index contributed by atoms with van der Waals surface area (Å²) in [5.74, 6) is -0.454. The van der Waals surface area contributed by atoms with Gasteiger partial charge in [0, 0.05) is 18.2 Å². The molecular formula is C13H19FN2O. The second kappa shape index (κ2) is 5.77. The third-order valence-corrected chi connectivity index (χ3v) is 2.86. The van der Waals surface area contributed by atoms with E-state index in [1.165, 1.54) is 12.1 Å². The molecule has 3 nitrogen and oxygen atoms in total. The molecule has 0 heterocycles. The summed E-state index contributed by atoms with van der Waals surface area (Å²) >= 11 is 0. The molecule has 0 aromatic heterocycles. The fourth-order valence-corrected chi connectivity index (χ4v) is 1.31. The van der Waals surface area contributed by atoms with E-state index >= 15 is 0 Å². The van der Waals surface area contributed by atoms with Crippen LogP contribution in [0, 0.1) is 12.7 Å². The number of amides is 1. The number of halogens is 1. The normalized spacial score (nSPS) is 12.6. The van der Waals surface area contributed by atoms with Gasteiger partial charge in [-0.2, -0.15) is 0 Å². The summed E-state index contributed by atoms with van der Waals surface area (Å²) in [6.45, 7) is 4.24. The zero-order chi connectivity index (χ0) is 13.0. The molecule has 1 rings (SSSR count). The Morgan fingerprint density at radius 1 is 1.47 bits per heavy atom. The Morgan fingerprint density at radius 3 is 2.65 bits per heavy atom. The van der Waals surface area contributed by atoms with Gasteiger partial charge in [0.2, 0.25) is 0 Å².